The zero-order chi connectivity index (χ0) is 20.8. The van der Waals surface area contributed by atoms with Crippen LogP contribution in [0.4, 0.5) is 5.13 Å². The van der Waals surface area contributed by atoms with E-state index in [1.54, 1.807) is 11.3 Å². The van der Waals surface area contributed by atoms with Crippen LogP contribution < -0.4 is 15.5 Å². The fraction of sp³-hybridized carbons (Fsp3) is 0.478. The summed E-state index contributed by atoms with van der Waals surface area (Å²) >= 11 is 1.76. The van der Waals surface area contributed by atoms with Gasteiger partial charge in [-0.15, -0.1) is 11.3 Å². The molecule has 1 fully saturated rings. The van der Waals surface area contributed by atoms with Gasteiger partial charge < -0.3 is 20.5 Å². The summed E-state index contributed by atoms with van der Waals surface area (Å²) in [7, 11) is 0. The maximum atomic E-state index is 4.80. The van der Waals surface area contributed by atoms with Crippen molar-refractivity contribution >= 4 is 33.3 Å². The van der Waals surface area contributed by atoms with E-state index in [0.717, 1.165) is 57.2 Å². The molecule has 30 heavy (non-hydrogen) atoms. The zero-order valence-electron chi connectivity index (χ0n) is 18.0. The van der Waals surface area contributed by atoms with Crippen molar-refractivity contribution in [1.29, 1.82) is 0 Å². The number of nitrogens with zero attached hydrogens (tertiary/aromatic N) is 3. The van der Waals surface area contributed by atoms with E-state index in [-0.39, 0.29) is 0 Å². The number of nitrogens with one attached hydrogen (secondary N) is 3. The first-order chi connectivity index (χ1) is 14.7. The van der Waals surface area contributed by atoms with Crippen LogP contribution in [-0.4, -0.2) is 48.7 Å². The quantitative estimate of drug-likeness (QED) is 0.379. The molecule has 0 amide bonds. The highest BCUT2D eigenvalue weighted by Crippen LogP contribution is 2.24. The van der Waals surface area contributed by atoms with E-state index in [0.29, 0.717) is 0 Å². The lowest BCUT2D eigenvalue weighted by molar-refractivity contribution is 0.796. The van der Waals surface area contributed by atoms with Gasteiger partial charge in [0.2, 0.25) is 0 Å². The summed E-state index contributed by atoms with van der Waals surface area (Å²) in [5, 5.41) is 11.5. The number of aliphatic imine (C=N–C) groups is 1. The molecule has 0 saturated carbocycles. The second-order valence-corrected chi connectivity index (χ2v) is 8.70. The molecule has 6 nitrogen and oxygen atoms in total. The Hall–Kier alpha value is -2.54. The van der Waals surface area contributed by atoms with E-state index in [1.165, 1.54) is 40.0 Å². The van der Waals surface area contributed by atoms with Crippen LogP contribution in [0.2, 0.25) is 0 Å². The van der Waals surface area contributed by atoms with Gasteiger partial charge in [-0.1, -0.05) is 12.1 Å². The van der Waals surface area contributed by atoms with Crippen LogP contribution in [0.5, 0.6) is 0 Å². The number of thiazole rings is 1. The number of H-pyrrole nitrogens is 1. The number of aromatic amines is 1. The number of rotatable bonds is 8. The van der Waals surface area contributed by atoms with Gasteiger partial charge in [-0.25, -0.2) is 4.98 Å². The molecular weight excluding hydrogens is 392 g/mol. The zero-order valence-corrected chi connectivity index (χ0v) is 18.8. The number of aryl methyl sites for hydroxylation is 1. The number of aromatic nitrogens is 2. The molecule has 0 radical (unpaired) electrons. The van der Waals surface area contributed by atoms with Crippen LogP contribution in [-0.2, 0) is 12.8 Å². The van der Waals surface area contributed by atoms with E-state index in [1.807, 2.05) is 0 Å². The number of hydrogen-bond donors (Lipinski definition) is 3. The average molecular weight is 425 g/mol. The van der Waals surface area contributed by atoms with Crippen molar-refractivity contribution in [3.63, 3.8) is 0 Å². The van der Waals surface area contributed by atoms with E-state index in [2.05, 4.69) is 64.1 Å². The molecule has 3 N–H and O–H groups in total. The Bertz CT molecular complexity index is 983. The molecule has 0 atom stereocenters. The normalized spacial score (nSPS) is 14.6. The van der Waals surface area contributed by atoms with Crippen molar-refractivity contribution in [3.8, 4) is 0 Å². The Labute approximate surface area is 182 Å². The van der Waals surface area contributed by atoms with Gasteiger partial charge in [-0.3, -0.25) is 4.99 Å². The second kappa shape index (κ2) is 9.98. The summed E-state index contributed by atoms with van der Waals surface area (Å²) in [5.74, 6) is 0.878. The SMILES string of the molecule is CCNC(=NCCc1csc(N2CCCC2)n1)NCCc1c[nH]c2cc(C)ccc12. The molecule has 1 saturated heterocycles. The first-order valence-electron chi connectivity index (χ1n) is 11.0. The molecular formula is C23H32N6S. The summed E-state index contributed by atoms with van der Waals surface area (Å²) in [6.45, 7) is 8.97. The van der Waals surface area contributed by atoms with Crippen LogP contribution in [0.3, 0.4) is 0 Å². The van der Waals surface area contributed by atoms with Gasteiger partial charge >= 0.3 is 0 Å². The van der Waals surface area contributed by atoms with E-state index in [4.69, 9.17) is 9.98 Å². The third kappa shape index (κ3) is 5.14. The summed E-state index contributed by atoms with van der Waals surface area (Å²) in [6, 6.07) is 6.58. The highest BCUT2D eigenvalue weighted by molar-refractivity contribution is 7.13. The van der Waals surface area contributed by atoms with Gasteiger partial charge in [0.05, 0.1) is 5.69 Å². The molecule has 160 valence electrons. The van der Waals surface area contributed by atoms with Crippen molar-refractivity contribution in [2.45, 2.75) is 39.5 Å². The lowest BCUT2D eigenvalue weighted by Crippen LogP contribution is -2.38. The molecule has 0 aliphatic carbocycles. The first kappa shape index (κ1) is 20.7. The topological polar surface area (TPSA) is 68.3 Å². The minimum atomic E-state index is 0.741. The van der Waals surface area contributed by atoms with Crippen molar-refractivity contribution in [2.75, 3.05) is 37.6 Å². The van der Waals surface area contributed by atoms with E-state index < -0.39 is 0 Å². The molecule has 0 unspecified atom stereocenters. The Kier molecular flexibility index (Phi) is 6.89. The Morgan fingerprint density at radius 1 is 1.23 bits per heavy atom. The standard InChI is InChI=1S/C23H32N6S/c1-3-24-22(25-10-8-18-15-27-21-14-17(2)6-7-20(18)21)26-11-9-19-16-30-23(28-19)29-12-4-5-13-29/h6-7,14-16,27H,3-5,8-13H2,1-2H3,(H2,24,25,26). The molecule has 3 heterocycles. The molecule has 3 aromatic rings. The van der Waals surface area contributed by atoms with E-state index >= 15 is 0 Å². The van der Waals surface area contributed by atoms with Crippen molar-refractivity contribution < 1.29 is 0 Å². The molecule has 0 spiro atoms. The minimum Gasteiger partial charge on any atom is -0.361 e. The lowest BCUT2D eigenvalue weighted by atomic mass is 10.1. The van der Waals surface area contributed by atoms with Crippen molar-refractivity contribution in [2.24, 2.45) is 4.99 Å². The van der Waals surface area contributed by atoms with E-state index in [9.17, 15) is 0 Å². The summed E-state index contributed by atoms with van der Waals surface area (Å²) in [4.78, 5) is 15.3. The molecule has 2 aromatic heterocycles. The van der Waals surface area contributed by atoms with Crippen LogP contribution >= 0.6 is 11.3 Å². The second-order valence-electron chi connectivity index (χ2n) is 7.87. The molecule has 4 rings (SSSR count). The number of hydrogen-bond acceptors (Lipinski definition) is 4. The summed E-state index contributed by atoms with van der Waals surface area (Å²) < 4.78 is 0. The minimum absolute atomic E-state index is 0.741. The van der Waals surface area contributed by atoms with Gasteiger partial charge in [-0.05, 0) is 50.3 Å². The first-order valence-corrected chi connectivity index (χ1v) is 11.9. The molecule has 0 bridgehead atoms. The van der Waals surface area contributed by atoms with Crippen LogP contribution in [0.15, 0.2) is 34.8 Å². The van der Waals surface area contributed by atoms with Gasteiger partial charge in [-0.2, -0.15) is 0 Å². The third-order valence-electron chi connectivity index (χ3n) is 5.51. The molecule has 1 aromatic carbocycles. The number of guanidine groups is 1. The number of fused-ring (bicyclic) bond motifs is 1. The summed E-state index contributed by atoms with van der Waals surface area (Å²) in [5.41, 5.74) is 4.98. The van der Waals surface area contributed by atoms with Crippen LogP contribution in [0, 0.1) is 6.92 Å². The Morgan fingerprint density at radius 3 is 2.93 bits per heavy atom. The summed E-state index contributed by atoms with van der Waals surface area (Å²) in [6.07, 6.45) is 6.53. The maximum absolute atomic E-state index is 4.80. The van der Waals surface area contributed by atoms with Gasteiger partial charge in [0.15, 0.2) is 11.1 Å². The lowest BCUT2D eigenvalue weighted by Gasteiger charge is -2.12. The van der Waals surface area contributed by atoms with Crippen molar-refractivity contribution in [1.82, 2.24) is 20.6 Å². The molecule has 7 heteroatoms. The van der Waals surface area contributed by atoms with Gasteiger partial charge in [0.1, 0.15) is 0 Å². The largest absolute Gasteiger partial charge is 0.361 e. The fourth-order valence-electron chi connectivity index (χ4n) is 3.91. The highest BCUT2D eigenvalue weighted by Gasteiger charge is 2.15. The van der Waals surface area contributed by atoms with Crippen molar-refractivity contribution in [3.05, 3.63) is 46.6 Å². The monoisotopic (exact) mass is 424 g/mol. The van der Waals surface area contributed by atoms with Gasteiger partial charge in [0.25, 0.3) is 0 Å². The van der Waals surface area contributed by atoms with Crippen LogP contribution in [0.25, 0.3) is 10.9 Å². The predicted octanol–water partition coefficient (Wildman–Crippen LogP) is 3.87. The average Bonchev–Trinajstić information content (AvgIpc) is 3.49. The highest BCUT2D eigenvalue weighted by atomic mass is 32.1. The number of benzene rings is 1. The maximum Gasteiger partial charge on any atom is 0.191 e. The van der Waals surface area contributed by atoms with Gasteiger partial charge in [0, 0.05) is 61.6 Å². The Morgan fingerprint density at radius 2 is 2.10 bits per heavy atom. The fourth-order valence-corrected chi connectivity index (χ4v) is 4.82. The number of anilines is 1. The Balaban J connectivity index is 1.28. The molecule has 1 aliphatic rings. The third-order valence-corrected chi connectivity index (χ3v) is 6.46. The smallest absolute Gasteiger partial charge is 0.191 e. The predicted molar refractivity (Wildman–Crippen MR) is 128 cm³/mol. The van der Waals surface area contributed by atoms with Crippen LogP contribution in [0.1, 0.15) is 36.6 Å². The molecule has 1 aliphatic heterocycles.